The lowest BCUT2D eigenvalue weighted by molar-refractivity contribution is -0.108. The van der Waals surface area contributed by atoms with Crippen LogP contribution in [0.4, 0.5) is 0 Å². The Morgan fingerprint density at radius 3 is 2.00 bits per heavy atom. The van der Waals surface area contributed by atoms with Crippen molar-refractivity contribution in [2.24, 2.45) is 0 Å². The van der Waals surface area contributed by atoms with Crippen molar-refractivity contribution < 1.29 is 33.3 Å². The fourth-order valence-electron chi connectivity index (χ4n) is 5.25. The number of hydrogen-bond acceptors (Lipinski definition) is 10. The molecule has 1 unspecified atom stereocenters. The van der Waals surface area contributed by atoms with Gasteiger partial charge in [-0.15, -0.1) is 0 Å². The number of ether oxygens (including phenoxy) is 4. The molecule has 0 N–H and O–H groups in total. The van der Waals surface area contributed by atoms with Crippen LogP contribution in [0.25, 0.3) is 11.2 Å². The summed E-state index contributed by atoms with van der Waals surface area (Å²) in [6.07, 6.45) is -1.88. The Kier molecular flexibility index (Phi) is 8.59. The summed E-state index contributed by atoms with van der Waals surface area (Å²) in [7, 11) is 0. The van der Waals surface area contributed by atoms with Crippen molar-refractivity contribution in [1.29, 1.82) is 0 Å². The molecule has 3 aromatic carbocycles. The van der Waals surface area contributed by atoms with Crippen molar-refractivity contribution in [3.8, 4) is 0 Å². The second-order valence-corrected chi connectivity index (χ2v) is 11.5. The maximum atomic E-state index is 13.6. The predicted octanol–water partition coefficient (Wildman–Crippen LogP) is 5.34. The van der Waals surface area contributed by atoms with Crippen molar-refractivity contribution in [3.05, 3.63) is 124 Å². The lowest BCUT2D eigenvalue weighted by atomic mass is 9.95. The number of fused-ring (bicyclic) bond motifs is 1. The van der Waals surface area contributed by atoms with E-state index in [9.17, 15) is 14.4 Å². The molecule has 0 amide bonds. The Morgan fingerprint density at radius 1 is 0.844 bits per heavy atom. The summed E-state index contributed by atoms with van der Waals surface area (Å²) >= 11 is 2.01. The third-order valence-electron chi connectivity index (χ3n) is 7.47. The average Bonchev–Trinajstić information content (AvgIpc) is 3.59. The molecule has 1 aliphatic rings. The average molecular weight is 719 g/mol. The Balaban J connectivity index is 1.43. The first-order valence-corrected chi connectivity index (χ1v) is 15.1. The standard InChI is InChI=1S/C33H27IN4O7/c1-20-25-27(37-32(34)36-20)38(19-35-25)31-33(2,45-30(41)23-16-10-5-11-17-23)26(44-29(40)22-14-8-4-9-15-22)24(43-31)18-42-28(39)21-12-6-3-7-13-21/h3-17,19,24,26,31H,18H2,1-2H3/t24-,26+,31-,33?/m1/s1. The minimum absolute atomic E-state index is 0.281. The van der Waals surface area contributed by atoms with Gasteiger partial charge in [0.15, 0.2) is 27.4 Å². The molecule has 1 aliphatic heterocycles. The van der Waals surface area contributed by atoms with E-state index < -0.39 is 41.9 Å². The van der Waals surface area contributed by atoms with E-state index in [1.54, 1.807) is 102 Å². The number of esters is 3. The van der Waals surface area contributed by atoms with Gasteiger partial charge < -0.3 is 18.9 Å². The fraction of sp³-hybridized carbons (Fsp3) is 0.212. The molecule has 45 heavy (non-hydrogen) atoms. The molecule has 12 heteroatoms. The van der Waals surface area contributed by atoms with Gasteiger partial charge in [-0.05, 0) is 50.2 Å². The number of hydrogen-bond donors (Lipinski definition) is 0. The van der Waals surface area contributed by atoms with Crippen LogP contribution in [0.3, 0.4) is 0 Å². The van der Waals surface area contributed by atoms with E-state index in [2.05, 4.69) is 15.0 Å². The molecule has 2 aromatic heterocycles. The molecule has 228 valence electrons. The molecule has 3 heterocycles. The maximum absolute atomic E-state index is 13.6. The molecular weight excluding hydrogens is 691 g/mol. The summed E-state index contributed by atoms with van der Waals surface area (Å²) in [5.74, 6) is -1.93. The molecule has 0 radical (unpaired) electrons. The van der Waals surface area contributed by atoms with E-state index in [0.29, 0.717) is 26.3 Å². The quantitative estimate of drug-likeness (QED) is 0.0898. The summed E-state index contributed by atoms with van der Waals surface area (Å²) in [4.78, 5) is 53.5. The minimum Gasteiger partial charge on any atom is -0.459 e. The Morgan fingerprint density at radius 2 is 1.40 bits per heavy atom. The highest BCUT2D eigenvalue weighted by atomic mass is 127. The van der Waals surface area contributed by atoms with E-state index in [4.69, 9.17) is 18.9 Å². The largest absolute Gasteiger partial charge is 0.459 e. The summed E-state index contributed by atoms with van der Waals surface area (Å²) in [6, 6.07) is 25.3. The number of imidazole rings is 1. The number of carbonyl (C=O) groups is 3. The normalized spacial score (nSPS) is 20.9. The van der Waals surface area contributed by atoms with Crippen molar-refractivity contribution >= 4 is 51.7 Å². The molecule has 0 aliphatic carbocycles. The van der Waals surface area contributed by atoms with Gasteiger partial charge in [-0.3, -0.25) is 4.57 Å². The zero-order valence-corrected chi connectivity index (χ0v) is 26.4. The van der Waals surface area contributed by atoms with Gasteiger partial charge in [-0.2, -0.15) is 0 Å². The van der Waals surface area contributed by atoms with E-state index in [1.165, 1.54) is 6.33 Å². The van der Waals surface area contributed by atoms with Crippen LogP contribution in [0.5, 0.6) is 0 Å². The van der Waals surface area contributed by atoms with Gasteiger partial charge in [0.2, 0.25) is 0 Å². The number of aryl methyl sites for hydroxylation is 1. The summed E-state index contributed by atoms with van der Waals surface area (Å²) in [6.45, 7) is 3.11. The highest BCUT2D eigenvalue weighted by Crippen LogP contribution is 2.45. The van der Waals surface area contributed by atoms with Crippen LogP contribution < -0.4 is 0 Å². The molecule has 0 bridgehead atoms. The third kappa shape index (κ3) is 6.15. The molecule has 4 atom stereocenters. The maximum Gasteiger partial charge on any atom is 0.338 e. The first-order valence-electron chi connectivity index (χ1n) is 14.0. The number of carbonyl (C=O) groups excluding carboxylic acids is 3. The Bertz CT molecular complexity index is 1850. The van der Waals surface area contributed by atoms with Crippen LogP contribution in [0.15, 0.2) is 97.3 Å². The van der Waals surface area contributed by atoms with Gasteiger partial charge >= 0.3 is 17.9 Å². The van der Waals surface area contributed by atoms with Crippen LogP contribution in [0.2, 0.25) is 0 Å². The van der Waals surface area contributed by atoms with E-state index in [0.717, 1.165) is 0 Å². The zero-order chi connectivity index (χ0) is 31.6. The zero-order valence-electron chi connectivity index (χ0n) is 24.2. The monoisotopic (exact) mass is 718 g/mol. The topological polar surface area (TPSA) is 132 Å². The highest BCUT2D eigenvalue weighted by molar-refractivity contribution is 14.1. The van der Waals surface area contributed by atoms with Crippen LogP contribution in [0.1, 0.15) is 49.9 Å². The third-order valence-corrected chi connectivity index (χ3v) is 7.95. The van der Waals surface area contributed by atoms with Crippen molar-refractivity contribution in [2.75, 3.05) is 6.61 Å². The first-order chi connectivity index (χ1) is 21.7. The van der Waals surface area contributed by atoms with E-state index >= 15 is 0 Å². The van der Waals surface area contributed by atoms with E-state index in [-0.39, 0.29) is 17.7 Å². The van der Waals surface area contributed by atoms with Crippen molar-refractivity contribution in [2.45, 2.75) is 37.9 Å². The van der Waals surface area contributed by atoms with Gasteiger partial charge in [0.05, 0.1) is 28.7 Å². The Labute approximate surface area is 271 Å². The number of nitrogens with zero attached hydrogens (tertiary/aromatic N) is 4. The predicted molar refractivity (Wildman–Crippen MR) is 169 cm³/mol. The summed E-state index contributed by atoms with van der Waals surface area (Å²) in [5.41, 5.74) is 0.840. The molecule has 11 nitrogen and oxygen atoms in total. The van der Waals surface area contributed by atoms with Gasteiger partial charge in [-0.25, -0.2) is 29.3 Å². The molecule has 5 aromatic rings. The second kappa shape index (κ2) is 12.7. The molecule has 6 rings (SSSR count). The molecular formula is C33H27IN4O7. The van der Waals surface area contributed by atoms with Gasteiger partial charge in [0.1, 0.15) is 18.2 Å². The molecule has 1 fully saturated rings. The number of rotatable bonds is 8. The van der Waals surface area contributed by atoms with Crippen LogP contribution in [-0.4, -0.2) is 61.8 Å². The first kappa shape index (κ1) is 30.3. The van der Waals surface area contributed by atoms with Crippen LogP contribution >= 0.6 is 22.6 Å². The molecule has 0 saturated carbocycles. The number of halogens is 1. The van der Waals surface area contributed by atoms with Crippen molar-refractivity contribution in [3.63, 3.8) is 0 Å². The smallest absolute Gasteiger partial charge is 0.338 e. The van der Waals surface area contributed by atoms with Crippen LogP contribution in [0, 0.1) is 10.8 Å². The number of benzene rings is 3. The van der Waals surface area contributed by atoms with Gasteiger partial charge in [0, 0.05) is 22.6 Å². The van der Waals surface area contributed by atoms with E-state index in [1.807, 2.05) is 29.5 Å². The number of aromatic nitrogens is 4. The van der Waals surface area contributed by atoms with Crippen LogP contribution in [-0.2, 0) is 18.9 Å². The SMILES string of the molecule is Cc1nc(I)nc2c1ncn2[C@@H]1O[C@H](COC(=O)c2ccccc2)[C@H](OC(=O)c2ccccc2)C1(C)OC(=O)c1ccccc1. The highest BCUT2D eigenvalue weighted by Gasteiger charge is 2.60. The van der Waals surface area contributed by atoms with Crippen molar-refractivity contribution in [1.82, 2.24) is 19.5 Å². The Hall–Kier alpha value is -4.69. The fourth-order valence-corrected chi connectivity index (χ4v) is 5.84. The lowest BCUT2D eigenvalue weighted by Gasteiger charge is -2.34. The van der Waals surface area contributed by atoms with Gasteiger partial charge in [-0.1, -0.05) is 54.6 Å². The summed E-state index contributed by atoms with van der Waals surface area (Å²) in [5, 5.41) is 0. The lowest BCUT2D eigenvalue weighted by Crippen LogP contribution is -2.50. The minimum atomic E-state index is -1.65. The molecule has 0 spiro atoms. The second-order valence-electron chi connectivity index (χ2n) is 10.5. The summed E-state index contributed by atoms with van der Waals surface area (Å²) < 4.78 is 26.6. The van der Waals surface area contributed by atoms with Gasteiger partial charge in [0.25, 0.3) is 0 Å². The molecule has 1 saturated heterocycles.